The lowest BCUT2D eigenvalue weighted by atomic mass is 9.93. The van der Waals surface area contributed by atoms with E-state index in [9.17, 15) is 4.79 Å². The van der Waals surface area contributed by atoms with Crippen molar-refractivity contribution < 1.29 is 4.79 Å². The van der Waals surface area contributed by atoms with Crippen LogP contribution in [0.3, 0.4) is 0 Å². The molecule has 0 spiro atoms. The van der Waals surface area contributed by atoms with Crippen LogP contribution < -0.4 is 4.90 Å². The minimum atomic E-state index is 0.0991. The van der Waals surface area contributed by atoms with Crippen LogP contribution in [0.25, 0.3) is 0 Å². The van der Waals surface area contributed by atoms with Gasteiger partial charge in [0.05, 0.1) is 19.0 Å². The highest BCUT2D eigenvalue weighted by molar-refractivity contribution is 5.95. The Morgan fingerprint density at radius 2 is 1.78 bits per heavy atom. The molecule has 1 aliphatic heterocycles. The number of nitriles is 1. The number of likely N-dealkylation sites (tertiary alicyclic amines) is 1. The zero-order chi connectivity index (χ0) is 19.8. The van der Waals surface area contributed by atoms with Gasteiger partial charge in [-0.25, -0.2) is 0 Å². The Balaban J connectivity index is 1.95. The first-order valence-corrected chi connectivity index (χ1v) is 10.0. The molecule has 1 aromatic carbocycles. The van der Waals surface area contributed by atoms with Crippen LogP contribution in [0.15, 0.2) is 18.2 Å². The van der Waals surface area contributed by atoms with Gasteiger partial charge in [-0.15, -0.1) is 0 Å². The van der Waals surface area contributed by atoms with Crippen molar-refractivity contribution in [2.75, 3.05) is 51.7 Å². The van der Waals surface area contributed by atoms with E-state index in [0.29, 0.717) is 19.5 Å². The molecular formula is C22H34N4O. The van der Waals surface area contributed by atoms with Crippen LogP contribution in [0.5, 0.6) is 0 Å². The number of carbonyl (C=O) groups excluding carboxylic acids is 1. The predicted octanol–water partition coefficient (Wildman–Crippen LogP) is 3.21. The first kappa shape index (κ1) is 21.4. The second-order valence-electron chi connectivity index (χ2n) is 8.11. The minimum Gasteiger partial charge on any atom is -0.310 e. The van der Waals surface area contributed by atoms with Crippen molar-refractivity contribution in [1.82, 2.24) is 9.80 Å². The summed E-state index contributed by atoms with van der Waals surface area (Å²) in [5.74, 6) is 0.870. The van der Waals surface area contributed by atoms with Crippen LogP contribution in [0.4, 0.5) is 5.69 Å². The molecule has 5 heteroatoms. The SMILES string of the molecule is Cc1cc(C)cc(N(CCC#N)C(=O)CN2CCC(CCN(C)C)CC2)c1. The molecule has 1 aromatic rings. The van der Waals surface area contributed by atoms with E-state index in [2.05, 4.69) is 36.0 Å². The maximum atomic E-state index is 13.0. The molecule has 2 rings (SSSR count). The van der Waals surface area contributed by atoms with Gasteiger partial charge in [-0.1, -0.05) is 6.07 Å². The largest absolute Gasteiger partial charge is 0.310 e. The third kappa shape index (κ3) is 6.97. The van der Waals surface area contributed by atoms with Gasteiger partial charge in [-0.05, 0) is 96.0 Å². The molecule has 0 atom stereocenters. The van der Waals surface area contributed by atoms with Crippen molar-refractivity contribution >= 4 is 11.6 Å². The number of piperidine rings is 1. The summed E-state index contributed by atoms with van der Waals surface area (Å²) < 4.78 is 0. The number of aryl methyl sites for hydroxylation is 2. The van der Waals surface area contributed by atoms with Crippen molar-refractivity contribution in [2.24, 2.45) is 5.92 Å². The lowest BCUT2D eigenvalue weighted by Crippen LogP contribution is -2.44. The Bertz CT molecular complexity index is 637. The second kappa shape index (κ2) is 10.4. The normalized spacial score (nSPS) is 15.7. The van der Waals surface area contributed by atoms with Gasteiger partial charge in [0, 0.05) is 12.2 Å². The number of hydrogen-bond donors (Lipinski definition) is 0. The average Bonchev–Trinajstić information content (AvgIpc) is 2.60. The Labute approximate surface area is 164 Å². The molecule has 1 saturated heterocycles. The van der Waals surface area contributed by atoms with Gasteiger partial charge in [-0.3, -0.25) is 9.69 Å². The quantitative estimate of drug-likeness (QED) is 0.705. The van der Waals surface area contributed by atoms with Crippen LogP contribution in [0.2, 0.25) is 0 Å². The van der Waals surface area contributed by atoms with E-state index in [-0.39, 0.29) is 5.91 Å². The fraction of sp³-hybridized carbons (Fsp3) is 0.636. The van der Waals surface area contributed by atoms with Gasteiger partial charge in [0.15, 0.2) is 0 Å². The molecule has 0 aromatic heterocycles. The molecule has 1 fully saturated rings. The van der Waals surface area contributed by atoms with Crippen LogP contribution in [0, 0.1) is 31.1 Å². The standard InChI is InChI=1S/C22H34N4O/c1-18-14-19(2)16-21(15-18)26(10-5-9-23)22(27)17-25-12-7-20(8-13-25)6-11-24(3)4/h14-16,20H,5-8,10-13,17H2,1-4H3. The second-order valence-corrected chi connectivity index (χ2v) is 8.11. The summed E-state index contributed by atoms with van der Waals surface area (Å²) in [6.07, 6.45) is 3.93. The lowest BCUT2D eigenvalue weighted by molar-refractivity contribution is -0.120. The van der Waals surface area contributed by atoms with E-state index in [1.165, 1.54) is 19.3 Å². The fourth-order valence-corrected chi connectivity index (χ4v) is 3.82. The highest BCUT2D eigenvalue weighted by Crippen LogP contribution is 2.22. The lowest BCUT2D eigenvalue weighted by Gasteiger charge is -2.33. The third-order valence-corrected chi connectivity index (χ3v) is 5.32. The highest BCUT2D eigenvalue weighted by Gasteiger charge is 2.24. The molecule has 0 aliphatic carbocycles. The van der Waals surface area contributed by atoms with E-state index in [1.807, 2.05) is 26.0 Å². The molecule has 0 unspecified atom stereocenters. The molecule has 0 radical (unpaired) electrons. The number of rotatable bonds is 8. The van der Waals surface area contributed by atoms with Crippen molar-refractivity contribution in [3.8, 4) is 6.07 Å². The first-order valence-electron chi connectivity index (χ1n) is 10.0. The van der Waals surface area contributed by atoms with Crippen molar-refractivity contribution in [3.05, 3.63) is 29.3 Å². The molecule has 0 bridgehead atoms. The number of amides is 1. The third-order valence-electron chi connectivity index (χ3n) is 5.32. The molecule has 5 nitrogen and oxygen atoms in total. The molecule has 0 N–H and O–H groups in total. The summed E-state index contributed by atoms with van der Waals surface area (Å²) in [4.78, 5) is 19.3. The summed E-state index contributed by atoms with van der Waals surface area (Å²) in [6.45, 7) is 8.10. The number of benzene rings is 1. The monoisotopic (exact) mass is 370 g/mol. The highest BCUT2D eigenvalue weighted by atomic mass is 16.2. The topological polar surface area (TPSA) is 50.6 Å². The summed E-state index contributed by atoms with van der Waals surface area (Å²) in [5.41, 5.74) is 3.19. The molecule has 0 saturated carbocycles. The summed E-state index contributed by atoms with van der Waals surface area (Å²) in [7, 11) is 4.24. The van der Waals surface area contributed by atoms with Crippen LogP contribution in [-0.4, -0.2) is 62.5 Å². The first-order chi connectivity index (χ1) is 12.9. The Hall–Kier alpha value is -1.90. The van der Waals surface area contributed by atoms with Gasteiger partial charge >= 0.3 is 0 Å². The zero-order valence-corrected chi connectivity index (χ0v) is 17.4. The molecular weight excluding hydrogens is 336 g/mol. The average molecular weight is 371 g/mol. The number of nitrogens with zero attached hydrogens (tertiary/aromatic N) is 4. The molecule has 148 valence electrons. The molecule has 1 heterocycles. The zero-order valence-electron chi connectivity index (χ0n) is 17.4. The van der Waals surface area contributed by atoms with Gasteiger partial charge in [0.2, 0.25) is 5.91 Å². The van der Waals surface area contributed by atoms with Crippen LogP contribution >= 0.6 is 0 Å². The van der Waals surface area contributed by atoms with Gasteiger partial charge in [-0.2, -0.15) is 5.26 Å². The van der Waals surface area contributed by atoms with Crippen LogP contribution in [0.1, 0.15) is 36.8 Å². The Morgan fingerprint density at radius 1 is 1.15 bits per heavy atom. The van der Waals surface area contributed by atoms with E-state index < -0.39 is 0 Å². The minimum absolute atomic E-state index is 0.0991. The smallest absolute Gasteiger partial charge is 0.241 e. The van der Waals surface area contributed by atoms with E-state index in [0.717, 1.165) is 42.4 Å². The van der Waals surface area contributed by atoms with Crippen LogP contribution in [-0.2, 0) is 4.79 Å². The van der Waals surface area contributed by atoms with Gasteiger partial charge < -0.3 is 9.80 Å². The van der Waals surface area contributed by atoms with E-state index in [4.69, 9.17) is 5.26 Å². The van der Waals surface area contributed by atoms with Crippen molar-refractivity contribution in [3.63, 3.8) is 0 Å². The summed E-state index contributed by atoms with van der Waals surface area (Å²) in [6, 6.07) is 8.35. The maximum Gasteiger partial charge on any atom is 0.241 e. The van der Waals surface area contributed by atoms with Gasteiger partial charge in [0.1, 0.15) is 0 Å². The summed E-state index contributed by atoms with van der Waals surface area (Å²) in [5, 5.41) is 8.99. The van der Waals surface area contributed by atoms with E-state index >= 15 is 0 Å². The predicted molar refractivity (Wildman–Crippen MR) is 111 cm³/mol. The van der Waals surface area contributed by atoms with Crippen molar-refractivity contribution in [1.29, 1.82) is 5.26 Å². The fourth-order valence-electron chi connectivity index (χ4n) is 3.82. The number of anilines is 1. The van der Waals surface area contributed by atoms with E-state index in [1.54, 1.807) is 4.90 Å². The molecule has 1 amide bonds. The Kier molecular flexibility index (Phi) is 8.27. The Morgan fingerprint density at radius 3 is 2.33 bits per heavy atom. The number of hydrogen-bond acceptors (Lipinski definition) is 4. The number of carbonyl (C=O) groups is 1. The maximum absolute atomic E-state index is 13.0. The molecule has 1 aliphatic rings. The molecule has 27 heavy (non-hydrogen) atoms. The summed E-state index contributed by atoms with van der Waals surface area (Å²) >= 11 is 0. The van der Waals surface area contributed by atoms with Gasteiger partial charge in [0.25, 0.3) is 0 Å². The van der Waals surface area contributed by atoms with Crippen molar-refractivity contribution in [2.45, 2.75) is 39.5 Å².